The summed E-state index contributed by atoms with van der Waals surface area (Å²) in [5.74, 6) is 0. The van der Waals surface area contributed by atoms with Crippen molar-refractivity contribution in [1.82, 2.24) is 15.2 Å². The Kier molecular flexibility index (Phi) is 3.79. The van der Waals surface area contributed by atoms with E-state index < -0.39 is 0 Å². The van der Waals surface area contributed by atoms with Gasteiger partial charge in [0, 0.05) is 44.1 Å². The lowest BCUT2D eigenvalue weighted by molar-refractivity contribution is 0.109. The first kappa shape index (κ1) is 11.8. The molecule has 0 bridgehead atoms. The summed E-state index contributed by atoms with van der Waals surface area (Å²) < 4.78 is 0. The summed E-state index contributed by atoms with van der Waals surface area (Å²) in [6.07, 6.45) is 3.52. The van der Waals surface area contributed by atoms with Crippen LogP contribution in [0.1, 0.15) is 19.4 Å². The van der Waals surface area contributed by atoms with Crippen LogP contribution in [0.2, 0.25) is 5.02 Å². The lowest BCUT2D eigenvalue weighted by Gasteiger charge is -2.39. The molecule has 4 heteroatoms. The molecule has 0 saturated carbocycles. The quantitative estimate of drug-likeness (QED) is 0.855. The maximum atomic E-state index is 6.13. The molecule has 3 nitrogen and oxygen atoms in total. The smallest absolute Gasteiger partial charge is 0.0634 e. The molecule has 0 aliphatic carbocycles. The number of pyridine rings is 1. The molecule has 16 heavy (non-hydrogen) atoms. The second-order valence-electron chi connectivity index (χ2n) is 4.50. The number of halogens is 1. The van der Waals surface area contributed by atoms with Crippen molar-refractivity contribution in [1.29, 1.82) is 0 Å². The van der Waals surface area contributed by atoms with Crippen molar-refractivity contribution >= 4 is 11.6 Å². The lowest BCUT2D eigenvalue weighted by atomic mass is 10.1. The zero-order valence-electron chi connectivity index (χ0n) is 9.78. The third kappa shape index (κ3) is 2.54. The molecule has 2 heterocycles. The summed E-state index contributed by atoms with van der Waals surface area (Å²) in [5, 5.41) is 4.19. The normalized spacial score (nSPS) is 26.9. The molecule has 88 valence electrons. The number of hydrogen-bond donors (Lipinski definition) is 1. The highest BCUT2D eigenvalue weighted by molar-refractivity contribution is 6.31. The minimum absolute atomic E-state index is 0.549. The Morgan fingerprint density at radius 2 is 2.12 bits per heavy atom. The number of piperazine rings is 1. The molecule has 1 N–H and O–H groups in total. The summed E-state index contributed by atoms with van der Waals surface area (Å²) in [5.41, 5.74) is 1.16. The number of nitrogens with one attached hydrogen (secondary N) is 1. The molecule has 2 unspecified atom stereocenters. The molecule has 1 aromatic heterocycles. The second-order valence-corrected chi connectivity index (χ2v) is 4.90. The van der Waals surface area contributed by atoms with E-state index in [4.69, 9.17) is 11.6 Å². The highest BCUT2D eigenvalue weighted by atomic mass is 35.5. The monoisotopic (exact) mass is 239 g/mol. The van der Waals surface area contributed by atoms with Gasteiger partial charge in [-0.1, -0.05) is 11.6 Å². The van der Waals surface area contributed by atoms with Gasteiger partial charge in [0.25, 0.3) is 0 Å². The van der Waals surface area contributed by atoms with E-state index in [1.165, 1.54) is 0 Å². The van der Waals surface area contributed by atoms with Gasteiger partial charge in [-0.15, -0.1) is 0 Å². The van der Waals surface area contributed by atoms with Gasteiger partial charge >= 0.3 is 0 Å². The molecule has 0 amide bonds. The second kappa shape index (κ2) is 5.13. The summed E-state index contributed by atoms with van der Waals surface area (Å²) in [6.45, 7) is 7.50. The van der Waals surface area contributed by atoms with Gasteiger partial charge in [0.1, 0.15) is 0 Å². The Bertz CT molecular complexity index is 346. The zero-order chi connectivity index (χ0) is 11.5. The average molecular weight is 240 g/mol. The first-order valence-electron chi connectivity index (χ1n) is 5.73. The predicted molar refractivity (Wildman–Crippen MR) is 66.6 cm³/mol. The van der Waals surface area contributed by atoms with Crippen LogP contribution in [0.25, 0.3) is 0 Å². The van der Waals surface area contributed by atoms with E-state index in [0.717, 1.165) is 30.2 Å². The molecule has 0 aromatic carbocycles. The van der Waals surface area contributed by atoms with Gasteiger partial charge in [0.2, 0.25) is 0 Å². The number of nitrogens with zero attached hydrogens (tertiary/aromatic N) is 2. The minimum atomic E-state index is 0.549. The topological polar surface area (TPSA) is 28.2 Å². The van der Waals surface area contributed by atoms with Crippen LogP contribution >= 0.6 is 11.6 Å². The third-order valence-corrected chi connectivity index (χ3v) is 3.56. The van der Waals surface area contributed by atoms with Crippen molar-refractivity contribution in [2.45, 2.75) is 32.5 Å². The van der Waals surface area contributed by atoms with Crippen molar-refractivity contribution < 1.29 is 0 Å². The van der Waals surface area contributed by atoms with Crippen molar-refractivity contribution in [3.8, 4) is 0 Å². The number of rotatable bonds is 2. The van der Waals surface area contributed by atoms with Gasteiger partial charge in [-0.05, 0) is 25.5 Å². The third-order valence-electron chi connectivity index (χ3n) is 3.22. The van der Waals surface area contributed by atoms with Crippen LogP contribution in [0.15, 0.2) is 18.5 Å². The Morgan fingerprint density at radius 3 is 2.75 bits per heavy atom. The Morgan fingerprint density at radius 1 is 1.44 bits per heavy atom. The van der Waals surface area contributed by atoms with Gasteiger partial charge in [-0.2, -0.15) is 0 Å². The van der Waals surface area contributed by atoms with E-state index >= 15 is 0 Å². The van der Waals surface area contributed by atoms with E-state index in [9.17, 15) is 0 Å². The van der Waals surface area contributed by atoms with Crippen molar-refractivity contribution in [2.24, 2.45) is 0 Å². The molecule has 1 saturated heterocycles. The minimum Gasteiger partial charge on any atom is -0.314 e. The molecule has 2 atom stereocenters. The van der Waals surface area contributed by atoms with Crippen LogP contribution in [0.4, 0.5) is 0 Å². The summed E-state index contributed by atoms with van der Waals surface area (Å²) in [7, 11) is 0. The van der Waals surface area contributed by atoms with Crippen LogP contribution in [0.5, 0.6) is 0 Å². The summed E-state index contributed by atoms with van der Waals surface area (Å²) >= 11 is 6.13. The molecule has 1 aliphatic rings. The summed E-state index contributed by atoms with van der Waals surface area (Å²) in [4.78, 5) is 6.50. The Hall–Kier alpha value is -0.640. The average Bonchev–Trinajstić information content (AvgIpc) is 2.26. The van der Waals surface area contributed by atoms with Crippen LogP contribution in [0, 0.1) is 0 Å². The van der Waals surface area contributed by atoms with Crippen molar-refractivity contribution in [3.63, 3.8) is 0 Å². The molecule has 1 fully saturated rings. The van der Waals surface area contributed by atoms with Gasteiger partial charge in [-0.25, -0.2) is 0 Å². The van der Waals surface area contributed by atoms with E-state index in [-0.39, 0.29) is 0 Å². The molecule has 1 aromatic rings. The molecular weight excluding hydrogens is 222 g/mol. The highest BCUT2D eigenvalue weighted by Crippen LogP contribution is 2.19. The van der Waals surface area contributed by atoms with Crippen LogP contribution in [-0.4, -0.2) is 35.1 Å². The SMILES string of the molecule is CC1CNCC(C)N1Cc1ccncc1Cl. The summed E-state index contributed by atoms with van der Waals surface area (Å²) in [6, 6.07) is 3.10. The van der Waals surface area contributed by atoms with E-state index in [1.807, 2.05) is 6.07 Å². The molecule has 0 radical (unpaired) electrons. The molecular formula is C12H18ClN3. The highest BCUT2D eigenvalue weighted by Gasteiger charge is 2.24. The van der Waals surface area contributed by atoms with E-state index in [1.54, 1.807) is 12.4 Å². The van der Waals surface area contributed by atoms with Crippen LogP contribution in [-0.2, 0) is 6.54 Å². The molecule has 1 aliphatic heterocycles. The predicted octanol–water partition coefficient (Wildman–Crippen LogP) is 1.92. The fraction of sp³-hybridized carbons (Fsp3) is 0.583. The standard InChI is InChI=1S/C12H18ClN3/c1-9-5-15-6-10(2)16(9)8-11-3-4-14-7-12(11)13/h3-4,7,9-10,15H,5-6,8H2,1-2H3. The zero-order valence-corrected chi connectivity index (χ0v) is 10.5. The number of aromatic nitrogens is 1. The maximum absolute atomic E-state index is 6.13. The van der Waals surface area contributed by atoms with Gasteiger partial charge in [-0.3, -0.25) is 9.88 Å². The van der Waals surface area contributed by atoms with Crippen LogP contribution < -0.4 is 5.32 Å². The first-order chi connectivity index (χ1) is 7.68. The Labute approximate surface area is 102 Å². The number of hydrogen-bond acceptors (Lipinski definition) is 3. The Balaban J connectivity index is 2.11. The van der Waals surface area contributed by atoms with Gasteiger partial charge in [0.05, 0.1) is 5.02 Å². The molecule has 2 rings (SSSR count). The molecule has 0 spiro atoms. The van der Waals surface area contributed by atoms with Crippen molar-refractivity contribution in [2.75, 3.05) is 13.1 Å². The fourth-order valence-corrected chi connectivity index (χ4v) is 2.39. The maximum Gasteiger partial charge on any atom is 0.0634 e. The van der Waals surface area contributed by atoms with Crippen molar-refractivity contribution in [3.05, 3.63) is 29.0 Å². The van der Waals surface area contributed by atoms with E-state index in [0.29, 0.717) is 12.1 Å². The van der Waals surface area contributed by atoms with Gasteiger partial charge < -0.3 is 5.32 Å². The lowest BCUT2D eigenvalue weighted by Crippen LogP contribution is -2.54. The largest absolute Gasteiger partial charge is 0.314 e. The van der Waals surface area contributed by atoms with E-state index in [2.05, 4.69) is 29.0 Å². The fourth-order valence-electron chi connectivity index (χ4n) is 2.21. The van der Waals surface area contributed by atoms with Gasteiger partial charge in [0.15, 0.2) is 0 Å². The first-order valence-corrected chi connectivity index (χ1v) is 6.11. The van der Waals surface area contributed by atoms with Crippen LogP contribution in [0.3, 0.4) is 0 Å².